The fraction of sp³-hybridized carbons (Fsp3) is 0.312. The maximum Gasteiger partial charge on any atom is 0.252 e. The summed E-state index contributed by atoms with van der Waals surface area (Å²) in [5, 5.41) is 0. The van der Waals surface area contributed by atoms with Crippen LogP contribution in [0.25, 0.3) is 0 Å². The zero-order valence-electron chi connectivity index (χ0n) is 13.3. The highest BCUT2D eigenvalue weighted by molar-refractivity contribution is 9.11. The summed E-state index contributed by atoms with van der Waals surface area (Å²) >= 11 is 4.47. The number of sulfonamides is 1. The number of benzene rings is 1. The number of thiophene rings is 1. The molecule has 1 aromatic heterocycles. The molecule has 1 unspecified atom stereocenters. The van der Waals surface area contributed by atoms with Crippen molar-refractivity contribution in [1.82, 2.24) is 9.73 Å². The molecule has 0 aliphatic carbocycles. The van der Waals surface area contributed by atoms with Gasteiger partial charge < -0.3 is 0 Å². The molecule has 2 aromatic rings. The number of anilines is 1. The minimum atomic E-state index is -3.55. The van der Waals surface area contributed by atoms with Gasteiger partial charge in [0.15, 0.2) is 0 Å². The van der Waals surface area contributed by atoms with Crippen LogP contribution in [0.1, 0.15) is 12.8 Å². The van der Waals surface area contributed by atoms with Gasteiger partial charge in [-0.3, -0.25) is 15.6 Å². The number of halogens is 1. The Morgan fingerprint density at radius 2 is 1.96 bits per heavy atom. The highest BCUT2D eigenvalue weighted by Gasteiger charge is 2.34. The molecule has 1 aliphatic rings. The van der Waals surface area contributed by atoms with E-state index in [0.29, 0.717) is 23.6 Å². The number of hydrogen-bond acceptors (Lipinski definition) is 5. The van der Waals surface area contributed by atoms with Crippen LogP contribution in [-0.2, 0) is 14.8 Å². The maximum atomic E-state index is 12.7. The molecule has 9 heteroatoms. The average molecular weight is 444 g/mol. The summed E-state index contributed by atoms with van der Waals surface area (Å²) in [4.78, 5) is 12.4. The fourth-order valence-corrected chi connectivity index (χ4v) is 6.38. The van der Waals surface area contributed by atoms with Crippen LogP contribution in [0.3, 0.4) is 0 Å². The maximum absolute atomic E-state index is 12.7. The van der Waals surface area contributed by atoms with Crippen molar-refractivity contribution < 1.29 is 13.2 Å². The molecule has 1 aromatic carbocycles. The number of carbonyl (C=O) groups is 1. The lowest BCUT2D eigenvalue weighted by atomic mass is 9.99. The largest absolute Gasteiger partial charge is 0.299 e. The quantitative estimate of drug-likeness (QED) is 0.695. The molecule has 6 nitrogen and oxygen atoms in total. The van der Waals surface area contributed by atoms with E-state index in [1.807, 2.05) is 30.3 Å². The third kappa shape index (κ3) is 4.41. The van der Waals surface area contributed by atoms with Crippen molar-refractivity contribution in [3.63, 3.8) is 0 Å². The van der Waals surface area contributed by atoms with Crippen LogP contribution in [0, 0.1) is 5.92 Å². The minimum absolute atomic E-state index is 0.195. The summed E-state index contributed by atoms with van der Waals surface area (Å²) in [5.41, 5.74) is 6.31. The van der Waals surface area contributed by atoms with Crippen molar-refractivity contribution in [2.75, 3.05) is 18.5 Å². The Bertz CT molecular complexity index is 839. The topological polar surface area (TPSA) is 78.5 Å². The third-order valence-corrected chi connectivity index (χ3v) is 7.96. The predicted octanol–water partition coefficient (Wildman–Crippen LogP) is 3.05. The zero-order valence-corrected chi connectivity index (χ0v) is 16.5. The summed E-state index contributed by atoms with van der Waals surface area (Å²) in [7, 11) is -3.55. The van der Waals surface area contributed by atoms with Crippen molar-refractivity contribution in [2.24, 2.45) is 5.92 Å². The molecule has 1 atom stereocenters. The van der Waals surface area contributed by atoms with E-state index in [0.717, 1.165) is 9.47 Å². The van der Waals surface area contributed by atoms with Crippen molar-refractivity contribution in [2.45, 2.75) is 17.1 Å². The van der Waals surface area contributed by atoms with E-state index in [1.54, 1.807) is 12.1 Å². The molecule has 1 saturated heterocycles. The summed E-state index contributed by atoms with van der Waals surface area (Å²) in [5.74, 6) is -0.570. The van der Waals surface area contributed by atoms with Gasteiger partial charge >= 0.3 is 0 Å². The summed E-state index contributed by atoms with van der Waals surface area (Å²) in [6.45, 7) is 0.633. The first kappa shape index (κ1) is 18.4. The molecule has 1 fully saturated rings. The average Bonchev–Trinajstić information content (AvgIpc) is 3.08. The molecule has 0 saturated carbocycles. The number of piperidine rings is 1. The monoisotopic (exact) mass is 443 g/mol. The van der Waals surface area contributed by atoms with Crippen LogP contribution >= 0.6 is 27.3 Å². The van der Waals surface area contributed by atoms with Gasteiger partial charge in [-0.05, 0) is 53.0 Å². The molecule has 3 rings (SSSR count). The fourth-order valence-electron chi connectivity index (χ4n) is 2.70. The van der Waals surface area contributed by atoms with Crippen LogP contribution in [0.5, 0.6) is 0 Å². The van der Waals surface area contributed by atoms with Crippen LogP contribution in [-0.4, -0.2) is 31.7 Å². The van der Waals surface area contributed by atoms with E-state index in [4.69, 9.17) is 0 Å². The zero-order chi connectivity index (χ0) is 17.9. The third-order valence-electron chi connectivity index (χ3n) is 4.00. The lowest BCUT2D eigenvalue weighted by Gasteiger charge is -2.30. The number of para-hydroxylation sites is 1. The first-order valence-corrected chi connectivity index (χ1v) is 10.9. The number of hydrogen-bond donors (Lipinski definition) is 2. The van der Waals surface area contributed by atoms with E-state index >= 15 is 0 Å². The van der Waals surface area contributed by atoms with Crippen LogP contribution in [0.2, 0.25) is 0 Å². The number of amides is 1. The van der Waals surface area contributed by atoms with Gasteiger partial charge in [0.25, 0.3) is 10.0 Å². The van der Waals surface area contributed by atoms with Crippen molar-refractivity contribution >= 4 is 48.9 Å². The van der Waals surface area contributed by atoms with E-state index in [9.17, 15) is 13.2 Å². The highest BCUT2D eigenvalue weighted by atomic mass is 79.9. The first-order valence-electron chi connectivity index (χ1n) is 7.83. The molecule has 0 bridgehead atoms. The summed E-state index contributed by atoms with van der Waals surface area (Å²) < 4.78 is 27.9. The van der Waals surface area contributed by atoms with E-state index in [1.165, 1.54) is 15.6 Å². The second-order valence-electron chi connectivity index (χ2n) is 5.74. The molecule has 1 aliphatic heterocycles. The van der Waals surface area contributed by atoms with Gasteiger partial charge in [-0.25, -0.2) is 8.42 Å². The second-order valence-corrected chi connectivity index (χ2v) is 10.4. The Morgan fingerprint density at radius 1 is 1.20 bits per heavy atom. The van der Waals surface area contributed by atoms with Gasteiger partial charge in [0.1, 0.15) is 4.21 Å². The Kier molecular flexibility index (Phi) is 5.78. The highest BCUT2D eigenvalue weighted by Crippen LogP contribution is 2.30. The number of rotatable bonds is 5. The number of nitrogens with one attached hydrogen (secondary N) is 2. The van der Waals surface area contributed by atoms with E-state index in [-0.39, 0.29) is 18.4 Å². The van der Waals surface area contributed by atoms with Crippen LogP contribution in [0.15, 0.2) is 50.5 Å². The molecular formula is C16H18BrN3O3S2. The van der Waals surface area contributed by atoms with Gasteiger partial charge in [-0.2, -0.15) is 4.31 Å². The Labute approximate surface area is 159 Å². The second kappa shape index (κ2) is 7.86. The SMILES string of the molecule is O=C(NNc1ccccc1)C1CCCN(S(=O)(=O)c2ccc(Br)s2)C1. The van der Waals surface area contributed by atoms with Crippen LogP contribution < -0.4 is 10.9 Å². The standard InChI is InChI=1S/C16H18BrN3O3S2/c17-14-8-9-15(24-14)25(22,23)20-10-4-5-12(11-20)16(21)19-18-13-6-2-1-3-7-13/h1-3,6-9,12,18H,4-5,10-11H2,(H,19,21). The molecule has 1 amide bonds. The first-order chi connectivity index (χ1) is 12.0. The van der Waals surface area contributed by atoms with Gasteiger partial charge in [-0.15, -0.1) is 11.3 Å². The lowest BCUT2D eigenvalue weighted by molar-refractivity contribution is -0.125. The predicted molar refractivity (Wildman–Crippen MR) is 102 cm³/mol. The van der Waals surface area contributed by atoms with Crippen molar-refractivity contribution in [1.29, 1.82) is 0 Å². The summed E-state index contributed by atoms with van der Waals surface area (Å²) in [6, 6.07) is 12.6. The molecule has 2 heterocycles. The van der Waals surface area contributed by atoms with Gasteiger partial charge in [-0.1, -0.05) is 18.2 Å². The smallest absolute Gasteiger partial charge is 0.252 e. The Hall–Kier alpha value is -1.42. The molecule has 2 N–H and O–H groups in total. The van der Waals surface area contributed by atoms with Gasteiger partial charge in [0, 0.05) is 13.1 Å². The number of nitrogens with zero attached hydrogens (tertiary/aromatic N) is 1. The Balaban J connectivity index is 1.63. The van der Waals surface area contributed by atoms with E-state index < -0.39 is 10.0 Å². The van der Waals surface area contributed by atoms with Crippen molar-refractivity contribution in [3.8, 4) is 0 Å². The molecule has 0 spiro atoms. The van der Waals surface area contributed by atoms with Gasteiger partial charge in [0.05, 0.1) is 15.4 Å². The van der Waals surface area contributed by atoms with Crippen LogP contribution in [0.4, 0.5) is 5.69 Å². The number of carbonyl (C=O) groups excluding carboxylic acids is 1. The number of hydrazine groups is 1. The summed E-state index contributed by atoms with van der Waals surface area (Å²) in [6.07, 6.45) is 1.33. The normalized spacial score (nSPS) is 18.7. The molecule has 134 valence electrons. The van der Waals surface area contributed by atoms with Crippen molar-refractivity contribution in [3.05, 3.63) is 46.3 Å². The molecule has 25 heavy (non-hydrogen) atoms. The Morgan fingerprint density at radius 3 is 2.64 bits per heavy atom. The molecule has 0 radical (unpaired) electrons. The molecular weight excluding hydrogens is 426 g/mol. The van der Waals surface area contributed by atoms with E-state index in [2.05, 4.69) is 26.8 Å². The van der Waals surface area contributed by atoms with Gasteiger partial charge in [0.2, 0.25) is 5.91 Å². The lowest BCUT2D eigenvalue weighted by Crippen LogP contribution is -2.46. The minimum Gasteiger partial charge on any atom is -0.299 e.